The molecule has 4 aromatic rings. The molecule has 0 aliphatic carbocycles. The summed E-state index contributed by atoms with van der Waals surface area (Å²) < 4.78 is 29.6. The highest BCUT2D eigenvalue weighted by Crippen LogP contribution is 2.39. The van der Waals surface area contributed by atoms with Crippen LogP contribution in [-0.2, 0) is 0 Å². The van der Waals surface area contributed by atoms with Crippen LogP contribution in [0, 0.1) is 11.6 Å². The summed E-state index contributed by atoms with van der Waals surface area (Å²) in [5.41, 5.74) is 0.873. The summed E-state index contributed by atoms with van der Waals surface area (Å²) in [6.45, 7) is 1.18. The number of aromatic nitrogens is 1. The van der Waals surface area contributed by atoms with E-state index in [0.29, 0.717) is 39.6 Å². The zero-order chi connectivity index (χ0) is 24.7. The third-order valence-electron chi connectivity index (χ3n) is 6.32. The van der Waals surface area contributed by atoms with Crippen molar-refractivity contribution in [2.24, 2.45) is 0 Å². The quantitative estimate of drug-likeness (QED) is 0.431. The third-order valence-corrected chi connectivity index (χ3v) is 7.50. The minimum Gasteiger partial charge on any atom is -0.351 e. The summed E-state index contributed by atoms with van der Waals surface area (Å²) in [7, 11) is 3.97. The number of pyridine rings is 1. The molecule has 2 aromatic carbocycles. The monoisotopic (exact) mass is 494 g/mol. The van der Waals surface area contributed by atoms with Crippen LogP contribution in [0.25, 0.3) is 15.9 Å². The Kier molecular flexibility index (Phi) is 6.12. The van der Waals surface area contributed by atoms with Crippen LogP contribution in [0.15, 0.2) is 65.5 Å². The standard InChI is InChI=1S/C26H24F2N4O2S/c1-30(2)18-12-13-31(15-18)25(34)24-23(29-21-10-8-16(27)14-20(21)28)19-9-11-22(33)32(26(19)35-24)17-6-4-3-5-7-17/h3-11,14,18,29H,12-13,15H2,1-2H3/t18-/m0/s1. The van der Waals surface area contributed by atoms with E-state index in [-0.39, 0.29) is 23.2 Å². The molecule has 1 fully saturated rings. The van der Waals surface area contributed by atoms with Gasteiger partial charge >= 0.3 is 0 Å². The minimum absolute atomic E-state index is 0.0465. The van der Waals surface area contributed by atoms with Gasteiger partial charge in [-0.15, -0.1) is 11.3 Å². The number of carbonyl (C=O) groups is 1. The molecule has 0 radical (unpaired) electrons. The highest BCUT2D eigenvalue weighted by molar-refractivity contribution is 7.21. The lowest BCUT2D eigenvalue weighted by atomic mass is 10.2. The topological polar surface area (TPSA) is 57.6 Å². The number of para-hydroxylation sites is 1. The molecule has 0 unspecified atom stereocenters. The molecule has 3 heterocycles. The molecule has 9 heteroatoms. The van der Waals surface area contributed by atoms with E-state index in [2.05, 4.69) is 10.2 Å². The van der Waals surface area contributed by atoms with Gasteiger partial charge in [0.25, 0.3) is 11.5 Å². The maximum absolute atomic E-state index is 14.6. The number of amides is 1. The molecular weight excluding hydrogens is 470 g/mol. The normalized spacial score (nSPS) is 15.8. The van der Waals surface area contributed by atoms with Gasteiger partial charge in [-0.2, -0.15) is 0 Å². The number of thiophene rings is 1. The molecule has 1 aliphatic rings. The Hall–Kier alpha value is -3.56. The molecule has 1 N–H and O–H groups in total. The van der Waals surface area contributed by atoms with Gasteiger partial charge in [-0.1, -0.05) is 18.2 Å². The number of halogens is 2. The van der Waals surface area contributed by atoms with Gasteiger partial charge in [-0.25, -0.2) is 8.78 Å². The summed E-state index contributed by atoms with van der Waals surface area (Å²) in [5, 5.41) is 3.63. The van der Waals surface area contributed by atoms with Crippen molar-refractivity contribution in [1.82, 2.24) is 14.4 Å². The van der Waals surface area contributed by atoms with Crippen molar-refractivity contribution in [3.05, 3.63) is 87.5 Å². The van der Waals surface area contributed by atoms with Gasteiger partial charge in [0.1, 0.15) is 21.3 Å². The fourth-order valence-electron chi connectivity index (χ4n) is 4.40. The van der Waals surface area contributed by atoms with E-state index in [0.717, 1.165) is 18.6 Å². The van der Waals surface area contributed by atoms with E-state index in [1.165, 1.54) is 23.5 Å². The molecular formula is C26H24F2N4O2S. The molecule has 35 heavy (non-hydrogen) atoms. The Morgan fingerprint density at radius 2 is 1.86 bits per heavy atom. The Balaban J connectivity index is 1.68. The number of hydrogen-bond acceptors (Lipinski definition) is 5. The SMILES string of the molecule is CN(C)[C@H]1CCN(C(=O)c2sc3c(ccc(=O)n3-c3ccccc3)c2Nc2ccc(F)cc2F)C1. The zero-order valence-electron chi connectivity index (χ0n) is 19.3. The van der Waals surface area contributed by atoms with Crippen LogP contribution >= 0.6 is 11.3 Å². The molecule has 180 valence electrons. The van der Waals surface area contributed by atoms with E-state index >= 15 is 0 Å². The lowest BCUT2D eigenvalue weighted by Gasteiger charge is -2.20. The molecule has 1 aliphatic heterocycles. The molecule has 6 nitrogen and oxygen atoms in total. The van der Waals surface area contributed by atoms with Gasteiger partial charge in [0.15, 0.2) is 0 Å². The first-order chi connectivity index (χ1) is 16.8. The van der Waals surface area contributed by atoms with Crippen LogP contribution in [0.3, 0.4) is 0 Å². The number of carbonyl (C=O) groups excluding carboxylic acids is 1. The predicted molar refractivity (Wildman–Crippen MR) is 135 cm³/mol. The van der Waals surface area contributed by atoms with Gasteiger partial charge in [-0.05, 0) is 50.8 Å². The molecule has 0 spiro atoms. The highest BCUT2D eigenvalue weighted by atomic mass is 32.1. The molecule has 1 atom stereocenters. The number of nitrogens with one attached hydrogen (secondary N) is 1. The molecule has 2 aromatic heterocycles. The van der Waals surface area contributed by atoms with Crippen LogP contribution in [0.1, 0.15) is 16.1 Å². The van der Waals surface area contributed by atoms with Gasteiger partial charge in [0.05, 0.1) is 17.1 Å². The van der Waals surface area contributed by atoms with E-state index in [1.807, 2.05) is 44.4 Å². The van der Waals surface area contributed by atoms with Crippen LogP contribution in [0.4, 0.5) is 20.2 Å². The van der Waals surface area contributed by atoms with Crippen molar-refractivity contribution >= 4 is 38.8 Å². The molecule has 5 rings (SSSR count). The van der Waals surface area contributed by atoms with Crippen LogP contribution < -0.4 is 10.9 Å². The van der Waals surface area contributed by atoms with Crippen molar-refractivity contribution < 1.29 is 13.6 Å². The van der Waals surface area contributed by atoms with Gasteiger partial charge in [-0.3, -0.25) is 14.2 Å². The Bertz CT molecular complexity index is 1470. The van der Waals surface area contributed by atoms with Crippen molar-refractivity contribution in [3.8, 4) is 5.69 Å². The first-order valence-electron chi connectivity index (χ1n) is 11.2. The lowest BCUT2D eigenvalue weighted by Crippen LogP contribution is -2.34. The van der Waals surface area contributed by atoms with Gasteiger partial charge < -0.3 is 15.1 Å². The smallest absolute Gasteiger partial charge is 0.266 e. The van der Waals surface area contributed by atoms with Crippen LogP contribution in [0.2, 0.25) is 0 Å². The van der Waals surface area contributed by atoms with Crippen molar-refractivity contribution in [3.63, 3.8) is 0 Å². The molecule has 1 saturated heterocycles. The first kappa shape index (κ1) is 23.2. The summed E-state index contributed by atoms with van der Waals surface area (Å²) in [5.74, 6) is -1.65. The van der Waals surface area contributed by atoms with Gasteiger partial charge in [0.2, 0.25) is 0 Å². The maximum atomic E-state index is 14.6. The molecule has 0 bridgehead atoms. The van der Waals surface area contributed by atoms with E-state index < -0.39 is 11.6 Å². The fraction of sp³-hybridized carbons (Fsp3) is 0.231. The van der Waals surface area contributed by atoms with Crippen molar-refractivity contribution in [2.45, 2.75) is 12.5 Å². The number of hydrogen-bond donors (Lipinski definition) is 1. The van der Waals surface area contributed by atoms with Crippen molar-refractivity contribution in [1.29, 1.82) is 0 Å². The largest absolute Gasteiger partial charge is 0.351 e. The Labute approximate surface area is 205 Å². The predicted octanol–water partition coefficient (Wildman–Crippen LogP) is 4.85. The Morgan fingerprint density at radius 3 is 2.54 bits per heavy atom. The first-order valence-corrected chi connectivity index (χ1v) is 12.1. The van der Waals surface area contributed by atoms with E-state index in [4.69, 9.17) is 0 Å². The number of fused-ring (bicyclic) bond motifs is 1. The van der Waals surface area contributed by atoms with E-state index in [9.17, 15) is 18.4 Å². The second-order valence-electron chi connectivity index (χ2n) is 8.77. The number of likely N-dealkylation sites (tertiary alicyclic amines) is 1. The van der Waals surface area contributed by atoms with Crippen molar-refractivity contribution in [2.75, 3.05) is 32.5 Å². The number of nitrogens with zero attached hydrogens (tertiary/aromatic N) is 3. The second kappa shape index (κ2) is 9.24. The molecule has 0 saturated carbocycles. The minimum atomic E-state index is -0.770. The number of rotatable bonds is 5. The summed E-state index contributed by atoms with van der Waals surface area (Å²) in [6.07, 6.45) is 0.855. The zero-order valence-corrected chi connectivity index (χ0v) is 20.1. The summed E-state index contributed by atoms with van der Waals surface area (Å²) >= 11 is 1.19. The van der Waals surface area contributed by atoms with Gasteiger partial charge in [0, 0.05) is 36.7 Å². The Morgan fingerprint density at radius 1 is 1.09 bits per heavy atom. The average Bonchev–Trinajstić information content (AvgIpc) is 3.47. The molecule has 1 amide bonds. The summed E-state index contributed by atoms with van der Waals surface area (Å²) in [4.78, 5) is 31.4. The van der Waals surface area contributed by atoms with Crippen LogP contribution in [0.5, 0.6) is 0 Å². The maximum Gasteiger partial charge on any atom is 0.266 e. The average molecular weight is 495 g/mol. The number of likely N-dealkylation sites (N-methyl/N-ethyl adjacent to an activating group) is 1. The second-order valence-corrected chi connectivity index (χ2v) is 9.77. The lowest BCUT2D eigenvalue weighted by molar-refractivity contribution is 0.0789. The highest BCUT2D eigenvalue weighted by Gasteiger charge is 2.31. The van der Waals surface area contributed by atoms with Crippen LogP contribution in [-0.4, -0.2) is 53.5 Å². The third kappa shape index (κ3) is 4.33. The summed E-state index contributed by atoms with van der Waals surface area (Å²) in [6, 6.07) is 15.7. The fourth-order valence-corrected chi connectivity index (χ4v) is 5.63. The number of anilines is 2. The van der Waals surface area contributed by atoms with E-state index in [1.54, 1.807) is 15.5 Å². The number of benzene rings is 2.